The number of carboxylic acids is 1. The lowest BCUT2D eigenvalue weighted by molar-refractivity contribution is -0.143. The van der Waals surface area contributed by atoms with Gasteiger partial charge in [0.05, 0.1) is 6.04 Å². The fourth-order valence-electron chi connectivity index (χ4n) is 3.80. The zero-order valence-electron chi connectivity index (χ0n) is 23.1. The molecule has 214 valence electrons. The SMILES string of the molecule is CSCCC(NC(=O)OC(C)(C)C)C(=O)CC(C(=O)NC(CCCCN1C(=O)C=CC1=O)C(=O)O)C(C)C. The summed E-state index contributed by atoms with van der Waals surface area (Å²) in [6.07, 6.45) is 4.56. The number of alkyl carbamates (subject to hydrolysis) is 1. The van der Waals surface area contributed by atoms with Crippen molar-refractivity contribution in [3.63, 3.8) is 0 Å². The van der Waals surface area contributed by atoms with Gasteiger partial charge in [-0.05, 0) is 64.4 Å². The first-order chi connectivity index (χ1) is 17.7. The molecule has 0 bridgehead atoms. The van der Waals surface area contributed by atoms with Crippen LogP contribution in [0.2, 0.25) is 0 Å². The van der Waals surface area contributed by atoms with E-state index in [9.17, 15) is 33.9 Å². The lowest BCUT2D eigenvalue weighted by Gasteiger charge is -2.26. The summed E-state index contributed by atoms with van der Waals surface area (Å²) in [6, 6.07) is -2.03. The summed E-state index contributed by atoms with van der Waals surface area (Å²) >= 11 is 1.52. The molecule has 0 aliphatic carbocycles. The Morgan fingerprint density at radius 1 is 1.00 bits per heavy atom. The lowest BCUT2D eigenvalue weighted by atomic mass is 9.87. The van der Waals surface area contributed by atoms with Crippen molar-refractivity contribution in [1.29, 1.82) is 0 Å². The van der Waals surface area contributed by atoms with Crippen molar-refractivity contribution < 1.29 is 38.6 Å². The predicted octanol–water partition coefficient (Wildman–Crippen LogP) is 2.53. The maximum Gasteiger partial charge on any atom is 0.408 e. The van der Waals surface area contributed by atoms with Crippen molar-refractivity contribution in [3.05, 3.63) is 12.2 Å². The molecule has 0 spiro atoms. The number of hydrogen-bond acceptors (Lipinski definition) is 8. The number of amides is 4. The van der Waals surface area contributed by atoms with E-state index < -0.39 is 53.4 Å². The average Bonchev–Trinajstić information content (AvgIpc) is 3.12. The number of ether oxygens (including phenoxy) is 1. The van der Waals surface area contributed by atoms with Crippen molar-refractivity contribution in [2.75, 3.05) is 18.6 Å². The normalized spacial score (nSPS) is 15.8. The smallest absolute Gasteiger partial charge is 0.408 e. The Kier molecular flexibility index (Phi) is 13.5. The molecular formula is C26H41N3O8S. The maximum atomic E-state index is 13.1. The Morgan fingerprint density at radius 3 is 2.11 bits per heavy atom. The summed E-state index contributed by atoms with van der Waals surface area (Å²) in [5.41, 5.74) is -0.736. The Hall–Kier alpha value is -2.89. The number of ketones is 1. The summed E-state index contributed by atoms with van der Waals surface area (Å²) < 4.78 is 5.27. The van der Waals surface area contributed by atoms with Crippen molar-refractivity contribution in [1.82, 2.24) is 15.5 Å². The largest absolute Gasteiger partial charge is 0.480 e. The van der Waals surface area contributed by atoms with Gasteiger partial charge in [-0.15, -0.1) is 0 Å². The van der Waals surface area contributed by atoms with Crippen LogP contribution in [0.4, 0.5) is 4.79 Å². The van der Waals surface area contributed by atoms with Gasteiger partial charge in [0.25, 0.3) is 11.8 Å². The van der Waals surface area contributed by atoms with Crippen LogP contribution in [0.25, 0.3) is 0 Å². The number of unbranched alkanes of at least 4 members (excludes halogenated alkanes) is 1. The first-order valence-corrected chi connectivity index (χ1v) is 14.1. The van der Waals surface area contributed by atoms with Gasteiger partial charge in [0, 0.05) is 31.0 Å². The third-order valence-corrected chi connectivity index (χ3v) is 6.54. The molecule has 0 saturated heterocycles. The van der Waals surface area contributed by atoms with E-state index in [1.165, 1.54) is 23.9 Å². The number of thioether (sulfide) groups is 1. The number of nitrogens with one attached hydrogen (secondary N) is 2. The van der Waals surface area contributed by atoms with E-state index in [4.69, 9.17) is 4.74 Å². The highest BCUT2D eigenvalue weighted by molar-refractivity contribution is 7.98. The molecule has 4 amide bonds. The lowest BCUT2D eigenvalue weighted by Crippen LogP contribution is -2.48. The van der Waals surface area contributed by atoms with E-state index in [2.05, 4.69) is 10.6 Å². The number of carbonyl (C=O) groups excluding carboxylic acids is 5. The number of rotatable bonds is 16. The van der Waals surface area contributed by atoms with E-state index >= 15 is 0 Å². The highest BCUT2D eigenvalue weighted by atomic mass is 32.2. The topological polar surface area (TPSA) is 159 Å². The monoisotopic (exact) mass is 555 g/mol. The maximum absolute atomic E-state index is 13.1. The summed E-state index contributed by atoms with van der Waals surface area (Å²) in [7, 11) is 0. The molecule has 3 N–H and O–H groups in total. The van der Waals surface area contributed by atoms with Crippen LogP contribution in [0.15, 0.2) is 12.2 Å². The van der Waals surface area contributed by atoms with Crippen LogP contribution in [0.5, 0.6) is 0 Å². The second kappa shape index (κ2) is 15.5. The predicted molar refractivity (Wildman–Crippen MR) is 143 cm³/mol. The molecule has 0 saturated carbocycles. The Bertz CT molecular complexity index is 895. The van der Waals surface area contributed by atoms with Crippen LogP contribution in [0, 0.1) is 11.8 Å². The van der Waals surface area contributed by atoms with E-state index in [1.807, 2.05) is 6.26 Å². The van der Waals surface area contributed by atoms with Gasteiger partial charge in [-0.25, -0.2) is 9.59 Å². The van der Waals surface area contributed by atoms with Crippen molar-refractivity contribution >= 4 is 47.3 Å². The standard InChI is InChI=1S/C26H41N3O8S/c1-16(2)17(15-20(30)18(12-14-38-6)28-25(36)37-26(3,4)5)23(33)27-19(24(34)35)9-7-8-13-29-21(31)10-11-22(29)32/h10-11,16-19H,7-9,12-15H2,1-6H3,(H,27,33)(H,28,36)(H,34,35). The molecular weight excluding hydrogens is 514 g/mol. The van der Waals surface area contributed by atoms with Crippen molar-refractivity contribution in [2.45, 2.75) is 84.4 Å². The molecule has 1 aliphatic rings. The van der Waals surface area contributed by atoms with E-state index in [0.717, 1.165) is 4.90 Å². The molecule has 0 aromatic carbocycles. The van der Waals surface area contributed by atoms with Crippen LogP contribution >= 0.6 is 11.8 Å². The first kappa shape index (κ1) is 33.1. The van der Waals surface area contributed by atoms with Gasteiger partial charge in [-0.1, -0.05) is 13.8 Å². The van der Waals surface area contributed by atoms with Crippen LogP contribution in [0.3, 0.4) is 0 Å². The molecule has 3 atom stereocenters. The fourth-order valence-corrected chi connectivity index (χ4v) is 4.27. The highest BCUT2D eigenvalue weighted by Gasteiger charge is 2.32. The molecule has 12 heteroatoms. The van der Waals surface area contributed by atoms with Crippen LogP contribution < -0.4 is 10.6 Å². The average molecular weight is 556 g/mol. The molecule has 3 unspecified atom stereocenters. The minimum absolute atomic E-state index is 0.0973. The molecule has 0 aromatic heterocycles. The highest BCUT2D eigenvalue weighted by Crippen LogP contribution is 2.20. The molecule has 1 heterocycles. The van der Waals surface area contributed by atoms with Crippen molar-refractivity contribution in [2.24, 2.45) is 11.8 Å². The van der Waals surface area contributed by atoms with Crippen LogP contribution in [-0.4, -0.2) is 81.8 Å². The van der Waals surface area contributed by atoms with Gasteiger partial charge < -0.3 is 20.5 Å². The molecule has 11 nitrogen and oxygen atoms in total. The fraction of sp³-hybridized carbons (Fsp3) is 0.692. The van der Waals surface area contributed by atoms with Gasteiger partial charge >= 0.3 is 12.1 Å². The van der Waals surface area contributed by atoms with Gasteiger partial charge in [-0.2, -0.15) is 11.8 Å². The molecule has 1 rings (SSSR count). The summed E-state index contributed by atoms with van der Waals surface area (Å²) in [5.74, 6) is -3.37. The van der Waals surface area contributed by atoms with Gasteiger partial charge in [0.15, 0.2) is 5.78 Å². The number of nitrogens with zero attached hydrogens (tertiary/aromatic N) is 1. The molecule has 0 aromatic rings. The van der Waals surface area contributed by atoms with Crippen molar-refractivity contribution in [3.8, 4) is 0 Å². The van der Waals surface area contributed by atoms with E-state index in [-0.39, 0.29) is 31.1 Å². The summed E-state index contributed by atoms with van der Waals surface area (Å²) in [5, 5.41) is 14.8. The molecule has 0 radical (unpaired) electrons. The molecule has 1 aliphatic heterocycles. The van der Waals surface area contributed by atoms with Crippen LogP contribution in [0.1, 0.15) is 66.7 Å². The zero-order valence-corrected chi connectivity index (χ0v) is 23.9. The Labute approximate surface area is 228 Å². The second-order valence-corrected chi connectivity index (χ2v) is 11.5. The minimum Gasteiger partial charge on any atom is -0.480 e. The van der Waals surface area contributed by atoms with Crippen LogP contribution in [-0.2, 0) is 28.7 Å². The first-order valence-electron chi connectivity index (χ1n) is 12.7. The van der Waals surface area contributed by atoms with Gasteiger partial charge in [-0.3, -0.25) is 24.1 Å². The number of aliphatic carboxylic acids is 1. The Balaban J connectivity index is 2.77. The number of imide groups is 1. The minimum atomic E-state index is -1.22. The van der Waals surface area contributed by atoms with Gasteiger partial charge in [0.2, 0.25) is 5.91 Å². The number of hydrogen-bond donors (Lipinski definition) is 3. The summed E-state index contributed by atoms with van der Waals surface area (Å²) in [4.78, 5) is 74.6. The summed E-state index contributed by atoms with van der Waals surface area (Å²) in [6.45, 7) is 8.84. The van der Waals surface area contributed by atoms with E-state index in [1.54, 1.807) is 34.6 Å². The molecule has 0 fully saturated rings. The number of Topliss-reactive ketones (excluding diaryl/α,β-unsaturated/α-hetero) is 1. The van der Waals surface area contributed by atoms with Gasteiger partial charge in [0.1, 0.15) is 11.6 Å². The quantitative estimate of drug-likeness (QED) is 0.192. The number of carboxylic acid groups (broad SMARTS) is 1. The number of carbonyl (C=O) groups is 6. The third kappa shape index (κ3) is 11.7. The van der Waals surface area contributed by atoms with E-state index in [0.29, 0.717) is 25.0 Å². The second-order valence-electron chi connectivity index (χ2n) is 10.6. The zero-order chi connectivity index (χ0) is 29.0. The molecule has 38 heavy (non-hydrogen) atoms. The third-order valence-electron chi connectivity index (χ3n) is 5.89. The Morgan fingerprint density at radius 2 is 1.61 bits per heavy atom.